The minimum Gasteiger partial charge on any atom is -0.476 e. The van der Waals surface area contributed by atoms with Crippen molar-refractivity contribution in [3.63, 3.8) is 0 Å². The van der Waals surface area contributed by atoms with Crippen LogP contribution in [0.4, 0.5) is 5.95 Å². The molecular weight excluding hydrogens is 318 g/mol. The number of aromatic amines is 1. The third-order valence-electron chi connectivity index (χ3n) is 2.78. The number of hydrogen-bond acceptors (Lipinski definition) is 7. The predicted octanol–water partition coefficient (Wildman–Crippen LogP) is 0.414. The van der Waals surface area contributed by atoms with Crippen molar-refractivity contribution < 1.29 is 19.4 Å². The van der Waals surface area contributed by atoms with E-state index in [4.69, 9.17) is 4.74 Å². The zero-order valence-corrected chi connectivity index (χ0v) is 13.2. The summed E-state index contributed by atoms with van der Waals surface area (Å²) in [7, 11) is 3.48. The summed E-state index contributed by atoms with van der Waals surface area (Å²) in [4.78, 5) is 51.1. The molecule has 0 aliphatic carbocycles. The number of rotatable bonds is 5. The molecule has 2 aromatic rings. The Morgan fingerprint density at radius 3 is 2.71 bits per heavy atom. The first-order valence-electron chi connectivity index (χ1n) is 6.89. The molecule has 0 radical (unpaired) electrons. The summed E-state index contributed by atoms with van der Waals surface area (Å²) in [6, 6.07) is 1.16. The van der Waals surface area contributed by atoms with Crippen molar-refractivity contribution in [1.82, 2.24) is 19.9 Å². The van der Waals surface area contributed by atoms with Gasteiger partial charge in [-0.3, -0.25) is 9.78 Å². The van der Waals surface area contributed by atoms with Crippen molar-refractivity contribution >= 4 is 35.3 Å². The van der Waals surface area contributed by atoms with Gasteiger partial charge >= 0.3 is 11.9 Å². The molecule has 126 valence electrons. The minimum absolute atomic E-state index is 0.000818. The van der Waals surface area contributed by atoms with Crippen LogP contribution in [-0.4, -0.2) is 63.9 Å². The molecular formula is C14H15N5O5. The molecule has 0 spiro atoms. The topological polar surface area (TPSA) is 138 Å². The molecule has 0 bridgehead atoms. The summed E-state index contributed by atoms with van der Waals surface area (Å²) in [6.45, 7) is 1.65. The molecule has 0 aliphatic heterocycles. The number of fused-ring (bicyclic) bond motifs is 1. The zero-order chi connectivity index (χ0) is 17.9. The minimum atomic E-state index is -1.45. The summed E-state index contributed by atoms with van der Waals surface area (Å²) in [5, 5.41) is 9.20. The van der Waals surface area contributed by atoms with E-state index in [-0.39, 0.29) is 29.2 Å². The van der Waals surface area contributed by atoms with Gasteiger partial charge in [-0.1, -0.05) is 0 Å². The van der Waals surface area contributed by atoms with Crippen LogP contribution in [0.25, 0.3) is 11.0 Å². The molecule has 10 heteroatoms. The molecule has 0 saturated carbocycles. The molecule has 10 nitrogen and oxygen atoms in total. The van der Waals surface area contributed by atoms with E-state index in [9.17, 15) is 19.5 Å². The first-order valence-corrected chi connectivity index (χ1v) is 6.89. The van der Waals surface area contributed by atoms with Crippen molar-refractivity contribution in [2.24, 2.45) is 4.99 Å². The number of carbonyl (C=O) groups excluding carboxylic acids is 1. The summed E-state index contributed by atoms with van der Waals surface area (Å²) in [6.07, 6.45) is 1.43. The first kappa shape index (κ1) is 17.1. The highest BCUT2D eigenvalue weighted by molar-refractivity contribution is 6.03. The van der Waals surface area contributed by atoms with E-state index in [1.807, 2.05) is 0 Å². The normalized spacial score (nSPS) is 11.0. The van der Waals surface area contributed by atoms with Gasteiger partial charge in [0, 0.05) is 14.1 Å². The Kier molecular flexibility index (Phi) is 4.87. The lowest BCUT2D eigenvalue weighted by atomic mass is 10.1. The van der Waals surface area contributed by atoms with Gasteiger partial charge in [0.2, 0.25) is 5.95 Å². The van der Waals surface area contributed by atoms with E-state index in [0.29, 0.717) is 0 Å². The second-order valence-corrected chi connectivity index (χ2v) is 4.88. The third-order valence-corrected chi connectivity index (χ3v) is 2.78. The molecule has 0 unspecified atom stereocenters. The molecule has 0 amide bonds. The number of carboxylic acids is 1. The van der Waals surface area contributed by atoms with Crippen molar-refractivity contribution in [2.45, 2.75) is 6.92 Å². The SMILES string of the molecule is CCOC(=O)c1cc2nc(/N=C\N(C)C)[nH]c(=O)c2nc1C(=O)O. The summed E-state index contributed by atoms with van der Waals surface area (Å²) >= 11 is 0. The highest BCUT2D eigenvalue weighted by Gasteiger charge is 2.22. The number of aliphatic imine (C=N–C) groups is 1. The van der Waals surface area contributed by atoms with E-state index in [2.05, 4.69) is 19.9 Å². The van der Waals surface area contributed by atoms with Crippen LogP contribution in [0.1, 0.15) is 27.8 Å². The Hall–Kier alpha value is -3.30. The molecule has 2 N–H and O–H groups in total. The molecule has 2 aromatic heterocycles. The fourth-order valence-electron chi connectivity index (χ4n) is 1.82. The Morgan fingerprint density at radius 2 is 2.12 bits per heavy atom. The molecule has 0 fully saturated rings. The lowest BCUT2D eigenvalue weighted by Gasteiger charge is -2.07. The van der Waals surface area contributed by atoms with Crippen LogP contribution in [-0.2, 0) is 4.74 Å². The number of aromatic carboxylic acids is 1. The lowest BCUT2D eigenvalue weighted by Crippen LogP contribution is -2.17. The Labute approximate surface area is 135 Å². The third kappa shape index (κ3) is 3.54. The largest absolute Gasteiger partial charge is 0.476 e. The Bertz CT molecular complexity index is 887. The highest BCUT2D eigenvalue weighted by atomic mass is 16.5. The van der Waals surface area contributed by atoms with Crippen molar-refractivity contribution in [1.29, 1.82) is 0 Å². The van der Waals surface area contributed by atoms with Crippen LogP contribution >= 0.6 is 0 Å². The number of ether oxygens (including phenoxy) is 1. The molecule has 2 rings (SSSR count). The molecule has 0 aromatic carbocycles. The van der Waals surface area contributed by atoms with E-state index >= 15 is 0 Å². The number of nitrogens with one attached hydrogen (secondary N) is 1. The maximum absolute atomic E-state index is 12.1. The van der Waals surface area contributed by atoms with E-state index in [1.54, 1.807) is 25.9 Å². The molecule has 24 heavy (non-hydrogen) atoms. The van der Waals surface area contributed by atoms with Crippen molar-refractivity contribution in [3.8, 4) is 0 Å². The maximum Gasteiger partial charge on any atom is 0.355 e. The number of nitrogens with zero attached hydrogens (tertiary/aromatic N) is 4. The zero-order valence-electron chi connectivity index (χ0n) is 13.2. The number of aromatic nitrogens is 3. The number of carboxylic acid groups (broad SMARTS) is 1. The summed E-state index contributed by atoms with van der Waals surface area (Å²) in [5.41, 5.74) is -1.68. The van der Waals surface area contributed by atoms with Crippen molar-refractivity contribution in [3.05, 3.63) is 27.7 Å². The molecule has 0 atom stereocenters. The van der Waals surface area contributed by atoms with Crippen LogP contribution in [0.15, 0.2) is 15.9 Å². The van der Waals surface area contributed by atoms with E-state index < -0.39 is 23.2 Å². The van der Waals surface area contributed by atoms with Crippen molar-refractivity contribution in [2.75, 3.05) is 20.7 Å². The highest BCUT2D eigenvalue weighted by Crippen LogP contribution is 2.16. The first-order chi connectivity index (χ1) is 11.3. The quantitative estimate of drug-likeness (QED) is 0.456. The number of esters is 1. The summed E-state index contributed by atoms with van der Waals surface area (Å²) in [5.74, 6) is -2.31. The van der Waals surface area contributed by atoms with Crippen LogP contribution in [0.5, 0.6) is 0 Å². The fourth-order valence-corrected chi connectivity index (χ4v) is 1.82. The van der Waals surface area contributed by atoms with Crippen LogP contribution in [0, 0.1) is 0 Å². The molecule has 0 saturated heterocycles. The van der Waals surface area contributed by atoms with Gasteiger partial charge in [0.15, 0.2) is 11.2 Å². The van der Waals surface area contributed by atoms with Gasteiger partial charge in [0.25, 0.3) is 5.56 Å². The van der Waals surface area contributed by atoms with Gasteiger partial charge in [-0.2, -0.15) is 0 Å². The average Bonchev–Trinajstić information content (AvgIpc) is 2.52. The van der Waals surface area contributed by atoms with E-state index in [1.165, 1.54) is 6.34 Å². The Morgan fingerprint density at radius 1 is 1.42 bits per heavy atom. The van der Waals surface area contributed by atoms with Gasteiger partial charge in [-0.15, -0.1) is 0 Å². The van der Waals surface area contributed by atoms with Crippen LogP contribution in [0.2, 0.25) is 0 Å². The van der Waals surface area contributed by atoms with Gasteiger partial charge in [0.05, 0.1) is 24.0 Å². The van der Waals surface area contributed by atoms with Crippen LogP contribution in [0.3, 0.4) is 0 Å². The molecule has 0 aliphatic rings. The maximum atomic E-state index is 12.1. The standard InChI is InChI=1S/C14H15N5O5/c1-4-24-13(23)7-5-8-10(17-9(7)12(21)22)11(20)18-14(16-8)15-6-19(2)3/h5-6H,4H2,1-3H3,(H,21,22)(H,16,18,20)/b15-6-. The second kappa shape index (κ2) is 6.86. The van der Waals surface area contributed by atoms with Gasteiger partial charge in [0.1, 0.15) is 0 Å². The van der Waals surface area contributed by atoms with Gasteiger partial charge in [-0.25, -0.2) is 24.5 Å². The predicted molar refractivity (Wildman–Crippen MR) is 84.9 cm³/mol. The van der Waals surface area contributed by atoms with Gasteiger partial charge in [-0.05, 0) is 13.0 Å². The van der Waals surface area contributed by atoms with Crippen LogP contribution < -0.4 is 5.56 Å². The number of H-pyrrole nitrogens is 1. The summed E-state index contributed by atoms with van der Waals surface area (Å²) < 4.78 is 4.81. The smallest absolute Gasteiger partial charge is 0.355 e. The average molecular weight is 333 g/mol. The van der Waals surface area contributed by atoms with E-state index in [0.717, 1.165) is 6.07 Å². The monoisotopic (exact) mass is 333 g/mol. The second-order valence-electron chi connectivity index (χ2n) is 4.88. The fraction of sp³-hybridized carbons (Fsp3) is 0.286. The Balaban J connectivity index is 2.69. The van der Waals surface area contributed by atoms with Gasteiger partial charge < -0.3 is 14.7 Å². The molecule has 2 heterocycles. The lowest BCUT2D eigenvalue weighted by molar-refractivity contribution is 0.0513. The number of hydrogen-bond donors (Lipinski definition) is 2. The number of carbonyl (C=O) groups is 2. The number of pyridine rings is 1.